The van der Waals surface area contributed by atoms with Crippen molar-refractivity contribution in [3.05, 3.63) is 28.2 Å². The molecule has 1 aliphatic heterocycles. The minimum absolute atomic E-state index is 0.168. The SMILES string of the molecule is CN(C)C1CCN(S(=O)(=O)c2cc(CO)ccc2Br)CC1. The summed E-state index contributed by atoms with van der Waals surface area (Å²) in [6.45, 7) is 0.889. The highest BCUT2D eigenvalue weighted by Gasteiger charge is 2.31. The molecule has 1 aromatic rings. The molecule has 7 heteroatoms. The Morgan fingerprint density at radius 1 is 1.33 bits per heavy atom. The van der Waals surface area contributed by atoms with Crippen LogP contribution in [0.1, 0.15) is 18.4 Å². The molecular formula is C14H21BrN2O3S. The fraction of sp³-hybridized carbons (Fsp3) is 0.571. The van der Waals surface area contributed by atoms with Crippen LogP contribution < -0.4 is 0 Å². The molecule has 0 atom stereocenters. The molecule has 0 aliphatic carbocycles. The zero-order chi connectivity index (χ0) is 15.6. The first-order valence-electron chi connectivity index (χ1n) is 6.92. The second kappa shape index (κ2) is 6.75. The zero-order valence-electron chi connectivity index (χ0n) is 12.3. The monoisotopic (exact) mass is 376 g/mol. The molecule has 1 saturated heterocycles. The molecule has 0 unspecified atom stereocenters. The summed E-state index contributed by atoms with van der Waals surface area (Å²) in [7, 11) is 0.530. The first-order valence-corrected chi connectivity index (χ1v) is 9.15. The smallest absolute Gasteiger partial charge is 0.244 e. The predicted molar refractivity (Wildman–Crippen MR) is 85.5 cm³/mol. The van der Waals surface area contributed by atoms with E-state index in [2.05, 4.69) is 20.8 Å². The van der Waals surface area contributed by atoms with E-state index < -0.39 is 10.0 Å². The minimum atomic E-state index is -3.52. The van der Waals surface area contributed by atoms with E-state index in [1.54, 1.807) is 12.1 Å². The summed E-state index contributed by atoms with van der Waals surface area (Å²) in [5.74, 6) is 0. The average molecular weight is 377 g/mol. The molecule has 5 nitrogen and oxygen atoms in total. The van der Waals surface area contributed by atoms with Crippen molar-refractivity contribution in [2.45, 2.75) is 30.4 Å². The first kappa shape index (κ1) is 16.9. The third kappa shape index (κ3) is 3.65. The number of hydrogen-bond donors (Lipinski definition) is 1. The number of rotatable bonds is 4. The summed E-state index contributed by atoms with van der Waals surface area (Å²) in [5, 5.41) is 9.20. The van der Waals surface area contributed by atoms with Gasteiger partial charge in [0.25, 0.3) is 0 Å². The third-order valence-electron chi connectivity index (χ3n) is 3.95. The fourth-order valence-corrected chi connectivity index (χ4v) is 5.03. The summed E-state index contributed by atoms with van der Waals surface area (Å²) in [5.41, 5.74) is 0.597. The minimum Gasteiger partial charge on any atom is -0.392 e. The van der Waals surface area contributed by atoms with Gasteiger partial charge in [-0.2, -0.15) is 4.31 Å². The summed E-state index contributed by atoms with van der Waals surface area (Å²) in [6, 6.07) is 5.35. The molecule has 1 fully saturated rings. The predicted octanol–water partition coefficient (Wildman–Crippen LogP) is 1.66. The Morgan fingerprint density at radius 3 is 2.48 bits per heavy atom. The van der Waals surface area contributed by atoms with Gasteiger partial charge in [-0.3, -0.25) is 0 Å². The number of piperidine rings is 1. The average Bonchev–Trinajstić information content (AvgIpc) is 2.47. The Balaban J connectivity index is 2.23. The fourth-order valence-electron chi connectivity index (χ4n) is 2.58. The molecule has 0 radical (unpaired) electrons. The van der Waals surface area contributed by atoms with Crippen LogP contribution in [-0.2, 0) is 16.6 Å². The molecule has 1 N–H and O–H groups in total. The molecule has 21 heavy (non-hydrogen) atoms. The molecule has 1 aromatic carbocycles. The van der Waals surface area contributed by atoms with Crippen molar-refractivity contribution in [3.63, 3.8) is 0 Å². The standard InChI is InChI=1S/C14H21BrN2O3S/c1-16(2)12-5-7-17(8-6-12)21(19,20)14-9-11(10-18)3-4-13(14)15/h3-4,9,12,18H,5-8,10H2,1-2H3. The first-order chi connectivity index (χ1) is 9.86. The van der Waals surface area contributed by atoms with Crippen LogP contribution in [-0.4, -0.2) is 56.0 Å². The lowest BCUT2D eigenvalue weighted by Gasteiger charge is -2.34. The van der Waals surface area contributed by atoms with E-state index in [-0.39, 0.29) is 11.5 Å². The second-order valence-corrected chi connectivity index (χ2v) is 8.28. The quantitative estimate of drug-likeness (QED) is 0.867. The highest BCUT2D eigenvalue weighted by atomic mass is 79.9. The zero-order valence-corrected chi connectivity index (χ0v) is 14.7. The van der Waals surface area contributed by atoms with Crippen LogP contribution in [0.4, 0.5) is 0 Å². The van der Waals surface area contributed by atoms with Crippen molar-refractivity contribution in [2.24, 2.45) is 0 Å². The Bertz CT molecular complexity index is 596. The van der Waals surface area contributed by atoms with Crippen molar-refractivity contribution in [1.29, 1.82) is 0 Å². The molecule has 0 aromatic heterocycles. The van der Waals surface area contributed by atoms with Crippen LogP contribution in [0.5, 0.6) is 0 Å². The van der Waals surface area contributed by atoms with Gasteiger partial charge in [0.15, 0.2) is 0 Å². The normalized spacial score (nSPS) is 18.3. The Kier molecular flexibility index (Phi) is 5.43. The lowest BCUT2D eigenvalue weighted by atomic mass is 10.1. The van der Waals surface area contributed by atoms with Gasteiger partial charge in [-0.1, -0.05) is 6.07 Å². The van der Waals surface area contributed by atoms with Crippen molar-refractivity contribution in [1.82, 2.24) is 9.21 Å². The van der Waals surface area contributed by atoms with E-state index in [1.807, 2.05) is 14.1 Å². The van der Waals surface area contributed by atoms with Gasteiger partial charge in [0.05, 0.1) is 11.5 Å². The van der Waals surface area contributed by atoms with E-state index >= 15 is 0 Å². The number of aliphatic hydroxyl groups is 1. The van der Waals surface area contributed by atoms with Gasteiger partial charge in [0.1, 0.15) is 0 Å². The number of halogens is 1. The number of benzene rings is 1. The van der Waals surface area contributed by atoms with Crippen LogP contribution >= 0.6 is 15.9 Å². The molecule has 0 bridgehead atoms. The van der Waals surface area contributed by atoms with Crippen LogP contribution in [0, 0.1) is 0 Å². The summed E-state index contributed by atoms with van der Waals surface area (Å²) >= 11 is 3.30. The largest absolute Gasteiger partial charge is 0.392 e. The lowest BCUT2D eigenvalue weighted by Crippen LogP contribution is -2.44. The maximum Gasteiger partial charge on any atom is 0.244 e. The maximum atomic E-state index is 12.8. The molecule has 0 saturated carbocycles. The van der Waals surface area contributed by atoms with Gasteiger partial charge >= 0.3 is 0 Å². The van der Waals surface area contributed by atoms with Gasteiger partial charge in [-0.25, -0.2) is 8.42 Å². The molecule has 2 rings (SSSR count). The van der Waals surface area contributed by atoms with Gasteiger partial charge in [0, 0.05) is 23.6 Å². The lowest BCUT2D eigenvalue weighted by molar-refractivity contribution is 0.196. The highest BCUT2D eigenvalue weighted by Crippen LogP contribution is 2.28. The Morgan fingerprint density at radius 2 is 1.95 bits per heavy atom. The van der Waals surface area contributed by atoms with Crippen molar-refractivity contribution >= 4 is 26.0 Å². The van der Waals surface area contributed by atoms with Gasteiger partial charge in [-0.05, 0) is 60.6 Å². The summed E-state index contributed by atoms with van der Waals surface area (Å²) < 4.78 is 27.6. The summed E-state index contributed by atoms with van der Waals surface area (Å²) in [4.78, 5) is 2.38. The Labute approximate surface area is 134 Å². The maximum absolute atomic E-state index is 12.8. The second-order valence-electron chi connectivity index (χ2n) is 5.52. The third-order valence-corrected chi connectivity index (χ3v) is 6.84. The molecule has 1 heterocycles. The van der Waals surface area contributed by atoms with E-state index in [0.29, 0.717) is 29.2 Å². The molecular weight excluding hydrogens is 356 g/mol. The molecule has 1 aliphatic rings. The molecule has 0 amide bonds. The number of sulfonamides is 1. The van der Waals surface area contributed by atoms with Crippen LogP contribution in [0.25, 0.3) is 0 Å². The number of aliphatic hydroxyl groups excluding tert-OH is 1. The van der Waals surface area contributed by atoms with E-state index in [1.165, 1.54) is 10.4 Å². The topological polar surface area (TPSA) is 60.9 Å². The van der Waals surface area contributed by atoms with Crippen LogP contribution in [0.15, 0.2) is 27.6 Å². The van der Waals surface area contributed by atoms with Gasteiger partial charge < -0.3 is 10.0 Å². The van der Waals surface area contributed by atoms with E-state index in [9.17, 15) is 13.5 Å². The number of hydrogen-bond acceptors (Lipinski definition) is 4. The van der Waals surface area contributed by atoms with Gasteiger partial charge in [0.2, 0.25) is 10.0 Å². The van der Waals surface area contributed by atoms with Crippen molar-refractivity contribution < 1.29 is 13.5 Å². The van der Waals surface area contributed by atoms with E-state index in [0.717, 1.165) is 12.8 Å². The molecule has 118 valence electrons. The van der Waals surface area contributed by atoms with Crippen LogP contribution in [0.2, 0.25) is 0 Å². The highest BCUT2D eigenvalue weighted by molar-refractivity contribution is 9.10. The summed E-state index contributed by atoms with van der Waals surface area (Å²) in [6.07, 6.45) is 1.67. The van der Waals surface area contributed by atoms with Crippen molar-refractivity contribution in [3.8, 4) is 0 Å². The van der Waals surface area contributed by atoms with Crippen LogP contribution in [0.3, 0.4) is 0 Å². The molecule has 0 spiro atoms. The number of nitrogens with zero attached hydrogens (tertiary/aromatic N) is 2. The van der Waals surface area contributed by atoms with Crippen molar-refractivity contribution in [2.75, 3.05) is 27.2 Å². The Hall–Kier alpha value is -0.470. The van der Waals surface area contributed by atoms with Gasteiger partial charge in [-0.15, -0.1) is 0 Å². The van der Waals surface area contributed by atoms with E-state index in [4.69, 9.17) is 0 Å².